The molecule has 0 unspecified atom stereocenters. The average Bonchev–Trinajstić information content (AvgIpc) is 2.64. The summed E-state index contributed by atoms with van der Waals surface area (Å²) in [7, 11) is 1.93. The monoisotopic (exact) mass is 222 g/mol. The smallest absolute Gasteiger partial charge is 0.132 e. The summed E-state index contributed by atoms with van der Waals surface area (Å²) in [5, 5.41) is 0.709. The van der Waals surface area contributed by atoms with Crippen LogP contribution >= 0.6 is 11.6 Å². The second-order valence-electron chi connectivity index (χ2n) is 3.27. The van der Waals surface area contributed by atoms with Crippen LogP contribution in [0.5, 0.6) is 5.75 Å². The summed E-state index contributed by atoms with van der Waals surface area (Å²) in [5.41, 5.74) is 0.910. The van der Waals surface area contributed by atoms with E-state index in [2.05, 4.69) is 4.98 Å². The molecule has 78 valence electrons. The van der Waals surface area contributed by atoms with Crippen LogP contribution in [0.2, 0.25) is 5.02 Å². The van der Waals surface area contributed by atoms with Gasteiger partial charge in [0.15, 0.2) is 0 Å². The van der Waals surface area contributed by atoms with E-state index >= 15 is 0 Å². The van der Waals surface area contributed by atoms with Crippen molar-refractivity contribution >= 4 is 11.6 Å². The highest BCUT2D eigenvalue weighted by Gasteiger charge is 1.98. The average molecular weight is 223 g/mol. The van der Waals surface area contributed by atoms with Gasteiger partial charge in [-0.2, -0.15) is 0 Å². The molecule has 0 aliphatic rings. The van der Waals surface area contributed by atoms with Gasteiger partial charge in [-0.25, -0.2) is 4.98 Å². The lowest BCUT2D eigenvalue weighted by Gasteiger charge is -2.03. The SMILES string of the molecule is Cn1cnc(COc2ccc(Cl)cc2)c1. The lowest BCUT2D eigenvalue weighted by molar-refractivity contribution is 0.302. The Kier molecular flexibility index (Phi) is 2.92. The van der Waals surface area contributed by atoms with Gasteiger partial charge in [-0.05, 0) is 24.3 Å². The second kappa shape index (κ2) is 4.36. The third-order valence-corrected chi connectivity index (χ3v) is 2.21. The van der Waals surface area contributed by atoms with Crippen LogP contribution in [0.15, 0.2) is 36.8 Å². The van der Waals surface area contributed by atoms with Gasteiger partial charge in [-0.3, -0.25) is 0 Å². The van der Waals surface area contributed by atoms with Crippen LogP contribution in [0.1, 0.15) is 5.69 Å². The zero-order valence-corrected chi connectivity index (χ0v) is 9.11. The summed E-state index contributed by atoms with van der Waals surface area (Å²) >= 11 is 5.76. The Morgan fingerprint density at radius 1 is 1.33 bits per heavy atom. The highest BCUT2D eigenvalue weighted by Crippen LogP contribution is 2.16. The topological polar surface area (TPSA) is 27.1 Å². The standard InChI is InChI=1S/C11H11ClN2O/c1-14-6-10(13-8-14)7-15-11-4-2-9(12)3-5-11/h2-6,8H,7H2,1H3. The van der Waals surface area contributed by atoms with Crippen molar-refractivity contribution in [3.63, 3.8) is 0 Å². The molecule has 0 radical (unpaired) electrons. The van der Waals surface area contributed by atoms with E-state index in [-0.39, 0.29) is 0 Å². The Balaban J connectivity index is 1.96. The molecular formula is C11H11ClN2O. The minimum absolute atomic E-state index is 0.475. The van der Waals surface area contributed by atoms with Crippen molar-refractivity contribution < 1.29 is 4.74 Å². The molecule has 0 aliphatic carbocycles. The van der Waals surface area contributed by atoms with E-state index in [9.17, 15) is 0 Å². The summed E-state index contributed by atoms with van der Waals surface area (Å²) < 4.78 is 7.42. The lowest BCUT2D eigenvalue weighted by atomic mass is 10.3. The van der Waals surface area contributed by atoms with Gasteiger partial charge in [0.25, 0.3) is 0 Å². The molecule has 1 aromatic heterocycles. The molecule has 0 saturated heterocycles. The van der Waals surface area contributed by atoms with Gasteiger partial charge in [-0.1, -0.05) is 11.6 Å². The Hall–Kier alpha value is -1.48. The maximum atomic E-state index is 5.76. The zero-order valence-electron chi connectivity index (χ0n) is 8.35. The third-order valence-electron chi connectivity index (χ3n) is 1.96. The molecular weight excluding hydrogens is 212 g/mol. The minimum atomic E-state index is 0.475. The van der Waals surface area contributed by atoms with Crippen molar-refractivity contribution in [1.29, 1.82) is 0 Å². The fourth-order valence-electron chi connectivity index (χ4n) is 1.23. The number of rotatable bonds is 3. The molecule has 0 spiro atoms. The largest absolute Gasteiger partial charge is 0.487 e. The summed E-state index contributed by atoms with van der Waals surface area (Å²) in [6.07, 6.45) is 3.68. The lowest BCUT2D eigenvalue weighted by Crippen LogP contribution is -1.95. The molecule has 0 fully saturated rings. The van der Waals surface area contributed by atoms with E-state index in [0.717, 1.165) is 11.4 Å². The fourth-order valence-corrected chi connectivity index (χ4v) is 1.36. The van der Waals surface area contributed by atoms with Crippen molar-refractivity contribution in [3.8, 4) is 5.75 Å². The van der Waals surface area contributed by atoms with Gasteiger partial charge in [0.2, 0.25) is 0 Å². The Labute approximate surface area is 93.3 Å². The molecule has 0 aliphatic heterocycles. The quantitative estimate of drug-likeness (QED) is 0.799. The van der Waals surface area contributed by atoms with Crippen molar-refractivity contribution in [1.82, 2.24) is 9.55 Å². The fraction of sp³-hybridized carbons (Fsp3) is 0.182. The highest BCUT2D eigenvalue weighted by molar-refractivity contribution is 6.30. The number of ether oxygens (including phenoxy) is 1. The van der Waals surface area contributed by atoms with Crippen LogP contribution in [0.4, 0.5) is 0 Å². The molecule has 0 atom stereocenters. The number of halogens is 1. The van der Waals surface area contributed by atoms with Crippen LogP contribution < -0.4 is 4.74 Å². The molecule has 1 heterocycles. The van der Waals surface area contributed by atoms with E-state index in [0.29, 0.717) is 11.6 Å². The first kappa shape index (κ1) is 10.1. The number of nitrogens with zero attached hydrogens (tertiary/aromatic N) is 2. The molecule has 0 N–H and O–H groups in total. The van der Waals surface area contributed by atoms with Crippen LogP contribution in [0.25, 0.3) is 0 Å². The predicted molar refractivity (Wildman–Crippen MR) is 59.0 cm³/mol. The normalized spacial score (nSPS) is 10.3. The zero-order chi connectivity index (χ0) is 10.7. The molecule has 4 heteroatoms. The van der Waals surface area contributed by atoms with E-state index < -0.39 is 0 Å². The minimum Gasteiger partial charge on any atom is -0.487 e. The highest BCUT2D eigenvalue weighted by atomic mass is 35.5. The van der Waals surface area contributed by atoms with Crippen LogP contribution in [0, 0.1) is 0 Å². The molecule has 0 saturated carbocycles. The molecule has 1 aromatic carbocycles. The summed E-state index contributed by atoms with van der Waals surface area (Å²) in [4.78, 5) is 4.16. The van der Waals surface area contributed by atoms with E-state index in [1.165, 1.54) is 0 Å². The number of imidazole rings is 1. The Morgan fingerprint density at radius 3 is 2.67 bits per heavy atom. The predicted octanol–water partition coefficient (Wildman–Crippen LogP) is 2.65. The van der Waals surface area contributed by atoms with Crippen LogP contribution in [-0.2, 0) is 13.7 Å². The first-order valence-corrected chi connectivity index (χ1v) is 4.97. The van der Waals surface area contributed by atoms with Crippen molar-refractivity contribution in [2.45, 2.75) is 6.61 Å². The Morgan fingerprint density at radius 2 is 2.07 bits per heavy atom. The summed E-state index contributed by atoms with van der Waals surface area (Å²) in [6.45, 7) is 0.475. The molecule has 0 amide bonds. The number of aromatic nitrogens is 2. The van der Waals surface area contributed by atoms with E-state index in [1.807, 2.05) is 29.9 Å². The number of hydrogen-bond donors (Lipinski definition) is 0. The first-order chi connectivity index (χ1) is 7.24. The number of benzene rings is 1. The third kappa shape index (κ3) is 2.73. The first-order valence-electron chi connectivity index (χ1n) is 4.59. The van der Waals surface area contributed by atoms with Crippen molar-refractivity contribution in [2.75, 3.05) is 0 Å². The molecule has 3 nitrogen and oxygen atoms in total. The molecule has 0 bridgehead atoms. The maximum Gasteiger partial charge on any atom is 0.132 e. The van der Waals surface area contributed by atoms with Gasteiger partial charge in [0.05, 0.1) is 12.0 Å². The van der Waals surface area contributed by atoms with Gasteiger partial charge in [0, 0.05) is 18.3 Å². The number of hydrogen-bond acceptors (Lipinski definition) is 2. The van der Waals surface area contributed by atoms with Gasteiger partial charge < -0.3 is 9.30 Å². The van der Waals surface area contributed by atoms with Crippen molar-refractivity contribution in [3.05, 3.63) is 47.5 Å². The summed E-state index contributed by atoms with van der Waals surface area (Å²) in [5.74, 6) is 0.796. The number of aryl methyl sites for hydroxylation is 1. The maximum absolute atomic E-state index is 5.76. The van der Waals surface area contributed by atoms with Crippen LogP contribution in [-0.4, -0.2) is 9.55 Å². The molecule has 15 heavy (non-hydrogen) atoms. The van der Waals surface area contributed by atoms with E-state index in [1.54, 1.807) is 18.5 Å². The van der Waals surface area contributed by atoms with E-state index in [4.69, 9.17) is 16.3 Å². The van der Waals surface area contributed by atoms with Crippen molar-refractivity contribution in [2.24, 2.45) is 7.05 Å². The van der Waals surface area contributed by atoms with Gasteiger partial charge in [-0.15, -0.1) is 0 Å². The second-order valence-corrected chi connectivity index (χ2v) is 3.71. The van der Waals surface area contributed by atoms with Gasteiger partial charge >= 0.3 is 0 Å². The van der Waals surface area contributed by atoms with Gasteiger partial charge in [0.1, 0.15) is 12.4 Å². The van der Waals surface area contributed by atoms with Crippen LogP contribution in [0.3, 0.4) is 0 Å². The summed E-state index contributed by atoms with van der Waals surface area (Å²) in [6, 6.07) is 7.28. The molecule has 2 rings (SSSR count). The Bertz CT molecular complexity index is 436. The molecule has 2 aromatic rings.